The molecule has 2 amide bonds. The topological polar surface area (TPSA) is 118 Å². The van der Waals surface area contributed by atoms with Gasteiger partial charge in [0, 0.05) is 28.3 Å². The van der Waals surface area contributed by atoms with E-state index in [0.29, 0.717) is 17.1 Å². The second kappa shape index (κ2) is 10.6. The van der Waals surface area contributed by atoms with Gasteiger partial charge < -0.3 is 15.1 Å². The molecule has 0 atom stereocenters. The van der Waals surface area contributed by atoms with Crippen molar-refractivity contribution >= 4 is 53.9 Å². The van der Waals surface area contributed by atoms with Crippen molar-refractivity contribution in [3.8, 4) is 0 Å². The zero-order valence-electron chi connectivity index (χ0n) is 19.5. The third-order valence-corrected chi connectivity index (χ3v) is 9.37. The Hall–Kier alpha value is -3.28. The van der Waals surface area contributed by atoms with E-state index in [-0.39, 0.29) is 21.7 Å². The predicted octanol–water partition coefficient (Wildman–Crippen LogP) is 5.39. The first-order valence-electron chi connectivity index (χ1n) is 11.6. The van der Waals surface area contributed by atoms with Gasteiger partial charge in [0.15, 0.2) is 5.76 Å². The van der Waals surface area contributed by atoms with Gasteiger partial charge in [-0.3, -0.25) is 14.6 Å². The van der Waals surface area contributed by atoms with Gasteiger partial charge in [-0.05, 0) is 79.3 Å². The van der Waals surface area contributed by atoms with Gasteiger partial charge in [0.2, 0.25) is 14.9 Å². The van der Waals surface area contributed by atoms with Crippen LogP contribution < -0.4 is 10.6 Å². The first kappa shape index (κ1) is 25.4. The molecule has 1 aliphatic carbocycles. The van der Waals surface area contributed by atoms with E-state index in [1.165, 1.54) is 35.6 Å². The SMILES string of the molecule is O=C(Nc1sc2c(c1C(=O)NCc1cccnc1)CCCC2)c1ccc(S(=O)(=O)c2ccc(Br)cc2)o1. The van der Waals surface area contributed by atoms with Crippen molar-refractivity contribution in [2.24, 2.45) is 0 Å². The Kier molecular flexibility index (Phi) is 7.27. The summed E-state index contributed by atoms with van der Waals surface area (Å²) in [5.74, 6) is -1.07. The average molecular weight is 601 g/mol. The molecule has 4 aromatic rings. The van der Waals surface area contributed by atoms with Crippen molar-refractivity contribution < 1.29 is 22.4 Å². The Morgan fingerprint density at radius 2 is 1.81 bits per heavy atom. The van der Waals surface area contributed by atoms with Gasteiger partial charge in [0.05, 0.1) is 10.5 Å². The minimum atomic E-state index is -3.93. The molecule has 11 heteroatoms. The van der Waals surface area contributed by atoms with Gasteiger partial charge in [-0.15, -0.1) is 11.3 Å². The van der Waals surface area contributed by atoms with Crippen molar-refractivity contribution in [1.29, 1.82) is 0 Å². The van der Waals surface area contributed by atoms with Crippen LogP contribution in [0.4, 0.5) is 5.00 Å². The first-order valence-corrected chi connectivity index (χ1v) is 14.7. The number of carbonyl (C=O) groups is 2. The van der Waals surface area contributed by atoms with Gasteiger partial charge in [-0.1, -0.05) is 22.0 Å². The molecule has 0 unspecified atom stereocenters. The molecule has 0 radical (unpaired) electrons. The molecular weight excluding hydrogens is 578 g/mol. The maximum absolute atomic E-state index is 13.2. The second-order valence-electron chi connectivity index (χ2n) is 8.49. The van der Waals surface area contributed by atoms with Gasteiger partial charge in [-0.25, -0.2) is 8.42 Å². The van der Waals surface area contributed by atoms with Gasteiger partial charge in [-0.2, -0.15) is 0 Å². The molecule has 0 bridgehead atoms. The number of pyridine rings is 1. The summed E-state index contributed by atoms with van der Waals surface area (Å²) in [5, 5.41) is 5.80. The van der Waals surface area contributed by atoms with E-state index in [4.69, 9.17) is 4.42 Å². The van der Waals surface area contributed by atoms with Crippen molar-refractivity contribution in [3.63, 3.8) is 0 Å². The lowest BCUT2D eigenvalue weighted by molar-refractivity contribution is 0.0951. The van der Waals surface area contributed by atoms with Gasteiger partial charge in [0.1, 0.15) is 5.00 Å². The van der Waals surface area contributed by atoms with Crippen molar-refractivity contribution in [3.05, 3.63) is 92.7 Å². The summed E-state index contributed by atoms with van der Waals surface area (Å²) in [4.78, 5) is 31.5. The molecule has 2 N–H and O–H groups in total. The van der Waals surface area contributed by atoms with E-state index in [9.17, 15) is 18.0 Å². The fraction of sp³-hybridized carbons (Fsp3) is 0.192. The number of thiophene rings is 1. The van der Waals surface area contributed by atoms with E-state index >= 15 is 0 Å². The van der Waals surface area contributed by atoms with Crippen LogP contribution in [0.25, 0.3) is 0 Å². The number of sulfone groups is 1. The highest BCUT2D eigenvalue weighted by Gasteiger charge is 2.28. The van der Waals surface area contributed by atoms with Gasteiger partial charge in [0.25, 0.3) is 11.8 Å². The fourth-order valence-corrected chi connectivity index (χ4v) is 6.87. The molecule has 0 spiro atoms. The van der Waals surface area contributed by atoms with Crippen molar-refractivity contribution in [2.75, 3.05) is 5.32 Å². The molecule has 0 aliphatic heterocycles. The Labute approximate surface area is 226 Å². The number of nitrogens with zero attached hydrogens (tertiary/aromatic N) is 1. The zero-order chi connectivity index (χ0) is 26.0. The number of carbonyl (C=O) groups excluding carboxylic acids is 2. The lowest BCUT2D eigenvalue weighted by Gasteiger charge is -2.13. The molecule has 37 heavy (non-hydrogen) atoms. The van der Waals surface area contributed by atoms with Crippen molar-refractivity contribution in [2.45, 2.75) is 42.2 Å². The maximum atomic E-state index is 13.2. The number of anilines is 1. The van der Waals surface area contributed by atoms with Crippen LogP contribution in [0, 0.1) is 0 Å². The summed E-state index contributed by atoms with van der Waals surface area (Å²) in [6, 6.07) is 12.4. The molecule has 0 saturated heterocycles. The van der Waals surface area contributed by atoms with Crippen LogP contribution in [0.5, 0.6) is 0 Å². The van der Waals surface area contributed by atoms with E-state index in [1.54, 1.807) is 30.6 Å². The Morgan fingerprint density at radius 3 is 2.57 bits per heavy atom. The highest BCUT2D eigenvalue weighted by Crippen LogP contribution is 2.38. The molecule has 5 rings (SSSR count). The molecule has 0 saturated carbocycles. The molecule has 190 valence electrons. The van der Waals surface area contributed by atoms with Gasteiger partial charge >= 0.3 is 0 Å². The minimum absolute atomic E-state index is 0.0514. The number of hydrogen-bond acceptors (Lipinski definition) is 7. The minimum Gasteiger partial charge on any atom is -0.439 e. The lowest BCUT2D eigenvalue weighted by atomic mass is 9.95. The molecular formula is C26H22BrN3O5S2. The molecule has 3 heterocycles. The number of amides is 2. The Morgan fingerprint density at radius 1 is 1.03 bits per heavy atom. The number of nitrogens with one attached hydrogen (secondary N) is 2. The monoisotopic (exact) mass is 599 g/mol. The number of furan rings is 1. The van der Waals surface area contributed by atoms with Crippen LogP contribution >= 0.6 is 27.3 Å². The summed E-state index contributed by atoms with van der Waals surface area (Å²) in [6.07, 6.45) is 6.94. The summed E-state index contributed by atoms with van der Waals surface area (Å²) < 4.78 is 32.0. The summed E-state index contributed by atoms with van der Waals surface area (Å²) in [7, 11) is -3.93. The van der Waals surface area contributed by atoms with Crippen molar-refractivity contribution in [1.82, 2.24) is 10.3 Å². The zero-order valence-corrected chi connectivity index (χ0v) is 22.7. The van der Waals surface area contributed by atoms with E-state index in [2.05, 4.69) is 31.5 Å². The van der Waals surface area contributed by atoms with Crippen LogP contribution in [0.3, 0.4) is 0 Å². The molecule has 8 nitrogen and oxygen atoms in total. The summed E-state index contributed by atoms with van der Waals surface area (Å²) in [5.41, 5.74) is 2.26. The fourth-order valence-electron chi connectivity index (χ4n) is 4.15. The van der Waals surface area contributed by atoms with Crippen LogP contribution in [0.2, 0.25) is 0 Å². The third-order valence-electron chi connectivity index (χ3n) is 6.00. The number of aromatic nitrogens is 1. The predicted molar refractivity (Wildman–Crippen MR) is 143 cm³/mol. The van der Waals surface area contributed by atoms with Crippen LogP contribution in [-0.2, 0) is 29.2 Å². The highest BCUT2D eigenvalue weighted by atomic mass is 79.9. The standard InChI is InChI=1S/C26H22BrN3O5S2/c27-17-7-9-18(10-8-17)37(33,34)22-12-11-20(35-22)24(31)30-26-23(19-5-1-2-6-21(19)36-26)25(32)29-15-16-4-3-13-28-14-16/h3-4,7-14H,1-2,5-6,15H2,(H,29,32)(H,30,31). The Balaban J connectivity index is 1.38. The smallest absolute Gasteiger partial charge is 0.292 e. The highest BCUT2D eigenvalue weighted by molar-refractivity contribution is 9.10. The van der Waals surface area contributed by atoms with Crippen LogP contribution in [0.1, 0.15) is 49.8 Å². The first-order chi connectivity index (χ1) is 17.8. The van der Waals surface area contributed by atoms with E-state index in [1.807, 2.05) is 6.07 Å². The lowest BCUT2D eigenvalue weighted by Crippen LogP contribution is -2.25. The molecule has 0 fully saturated rings. The number of aryl methyl sites for hydroxylation is 1. The Bertz CT molecular complexity index is 1560. The molecule has 1 aliphatic rings. The number of halogens is 1. The number of hydrogen-bond donors (Lipinski definition) is 2. The average Bonchev–Trinajstić information content (AvgIpc) is 3.54. The largest absolute Gasteiger partial charge is 0.439 e. The molecule has 3 aromatic heterocycles. The van der Waals surface area contributed by atoms with E-state index in [0.717, 1.165) is 46.2 Å². The summed E-state index contributed by atoms with van der Waals surface area (Å²) >= 11 is 4.66. The maximum Gasteiger partial charge on any atom is 0.292 e. The van der Waals surface area contributed by atoms with Crippen LogP contribution in [0.15, 0.2) is 79.8 Å². The third kappa shape index (κ3) is 5.39. The van der Waals surface area contributed by atoms with E-state index < -0.39 is 15.7 Å². The summed E-state index contributed by atoms with van der Waals surface area (Å²) in [6.45, 7) is 0.306. The quantitative estimate of drug-likeness (QED) is 0.294. The number of rotatable bonds is 7. The molecule has 1 aromatic carbocycles. The number of benzene rings is 1. The normalized spacial score (nSPS) is 13.1. The van der Waals surface area contributed by atoms with Crippen LogP contribution in [-0.4, -0.2) is 25.2 Å². The number of fused-ring (bicyclic) bond motifs is 1. The second-order valence-corrected chi connectivity index (χ2v) is 12.4.